The van der Waals surface area contributed by atoms with E-state index >= 15 is 0 Å². The third kappa shape index (κ3) is 5.44. The number of hydrogen-bond acceptors (Lipinski definition) is 5. The number of amides is 2. The minimum atomic E-state index is -0.675. The van der Waals surface area contributed by atoms with Gasteiger partial charge in [0.05, 0.1) is 19.8 Å². The molecule has 0 aliphatic heterocycles. The van der Waals surface area contributed by atoms with Crippen LogP contribution in [0, 0.1) is 5.92 Å². The molecule has 1 atom stereocenters. The maximum atomic E-state index is 12.6. The summed E-state index contributed by atoms with van der Waals surface area (Å²) in [5, 5.41) is 5.65. The van der Waals surface area contributed by atoms with Crippen molar-refractivity contribution in [3.05, 3.63) is 53.7 Å². The highest BCUT2D eigenvalue weighted by Gasteiger charge is 2.25. The van der Waals surface area contributed by atoms with Gasteiger partial charge in [0, 0.05) is 18.8 Å². The van der Waals surface area contributed by atoms with E-state index in [0.717, 1.165) is 5.56 Å². The Morgan fingerprint density at radius 2 is 1.85 bits per heavy atom. The van der Waals surface area contributed by atoms with Crippen molar-refractivity contribution in [2.45, 2.75) is 26.4 Å². The van der Waals surface area contributed by atoms with E-state index in [1.165, 1.54) is 14.2 Å². The lowest BCUT2D eigenvalue weighted by Crippen LogP contribution is -2.49. The summed E-state index contributed by atoms with van der Waals surface area (Å²) in [6.45, 7) is 4.07. The van der Waals surface area contributed by atoms with Crippen molar-refractivity contribution in [3.63, 3.8) is 0 Å². The molecule has 0 radical (unpaired) electrons. The molecule has 7 heteroatoms. The zero-order valence-corrected chi connectivity index (χ0v) is 16.0. The Balaban J connectivity index is 2.05. The standard InChI is InChI=1S/C20H25N3O4/c1-13(2)18(23-19(24)15-7-5-6-8-16(15)26-3)20(25)22-12-14-9-10-21-17(11-14)27-4/h5-11,13,18H,12H2,1-4H3,(H,22,25)(H,23,24). The Hall–Kier alpha value is -3.09. The van der Waals surface area contributed by atoms with Crippen LogP contribution >= 0.6 is 0 Å². The second kappa shape index (κ2) is 9.56. The van der Waals surface area contributed by atoms with E-state index in [9.17, 15) is 9.59 Å². The van der Waals surface area contributed by atoms with Gasteiger partial charge >= 0.3 is 0 Å². The number of nitrogens with zero attached hydrogens (tertiary/aromatic N) is 1. The fourth-order valence-electron chi connectivity index (χ4n) is 2.56. The largest absolute Gasteiger partial charge is 0.496 e. The van der Waals surface area contributed by atoms with Gasteiger partial charge in [0.15, 0.2) is 0 Å². The molecule has 0 fully saturated rings. The van der Waals surface area contributed by atoms with Gasteiger partial charge in [0.1, 0.15) is 11.8 Å². The fourth-order valence-corrected chi connectivity index (χ4v) is 2.56. The minimum Gasteiger partial charge on any atom is -0.496 e. The molecule has 1 aromatic heterocycles. The highest BCUT2D eigenvalue weighted by molar-refractivity contribution is 5.99. The second-order valence-electron chi connectivity index (χ2n) is 6.32. The number of hydrogen-bond donors (Lipinski definition) is 2. The average molecular weight is 371 g/mol. The summed E-state index contributed by atoms with van der Waals surface area (Å²) in [6, 6.07) is 9.76. The van der Waals surface area contributed by atoms with Crippen molar-refractivity contribution in [1.82, 2.24) is 15.6 Å². The number of para-hydroxylation sites is 1. The normalized spacial score (nSPS) is 11.6. The molecule has 7 nitrogen and oxygen atoms in total. The third-order valence-electron chi connectivity index (χ3n) is 4.06. The van der Waals surface area contributed by atoms with Crippen LogP contribution in [0.25, 0.3) is 0 Å². The number of rotatable bonds is 8. The van der Waals surface area contributed by atoms with Gasteiger partial charge < -0.3 is 20.1 Å². The van der Waals surface area contributed by atoms with Crippen LogP contribution in [0.1, 0.15) is 29.8 Å². The minimum absolute atomic E-state index is 0.0874. The number of pyridine rings is 1. The Kier molecular flexibility index (Phi) is 7.16. The first-order valence-corrected chi connectivity index (χ1v) is 8.66. The summed E-state index contributed by atoms with van der Waals surface area (Å²) in [4.78, 5) is 29.3. The summed E-state index contributed by atoms with van der Waals surface area (Å²) in [5.41, 5.74) is 1.24. The summed E-state index contributed by atoms with van der Waals surface area (Å²) in [5.74, 6) is 0.236. The van der Waals surface area contributed by atoms with E-state index in [1.54, 1.807) is 42.6 Å². The number of nitrogens with one attached hydrogen (secondary N) is 2. The van der Waals surface area contributed by atoms with Crippen LogP contribution < -0.4 is 20.1 Å². The Morgan fingerprint density at radius 3 is 2.52 bits per heavy atom. The molecule has 27 heavy (non-hydrogen) atoms. The molecule has 0 saturated heterocycles. The number of carbonyl (C=O) groups excluding carboxylic acids is 2. The lowest BCUT2D eigenvalue weighted by molar-refractivity contribution is -0.124. The van der Waals surface area contributed by atoms with E-state index < -0.39 is 6.04 Å². The monoisotopic (exact) mass is 371 g/mol. The van der Waals surface area contributed by atoms with Crippen LogP contribution in [0.15, 0.2) is 42.6 Å². The summed E-state index contributed by atoms with van der Waals surface area (Å²) in [7, 11) is 3.04. The molecule has 0 saturated carbocycles. The number of ether oxygens (including phenoxy) is 2. The maximum Gasteiger partial charge on any atom is 0.255 e. The molecule has 1 aromatic carbocycles. The molecule has 0 bridgehead atoms. The lowest BCUT2D eigenvalue weighted by atomic mass is 10.0. The number of aromatic nitrogens is 1. The maximum absolute atomic E-state index is 12.6. The molecule has 2 aromatic rings. The van der Waals surface area contributed by atoms with Crippen LogP contribution in [0.4, 0.5) is 0 Å². The van der Waals surface area contributed by atoms with Gasteiger partial charge in [-0.25, -0.2) is 4.98 Å². The molecule has 2 N–H and O–H groups in total. The zero-order valence-electron chi connectivity index (χ0n) is 16.0. The second-order valence-corrected chi connectivity index (χ2v) is 6.32. The highest BCUT2D eigenvalue weighted by Crippen LogP contribution is 2.17. The first-order chi connectivity index (χ1) is 13.0. The SMILES string of the molecule is COc1cc(CNC(=O)C(NC(=O)c2ccccc2OC)C(C)C)ccn1. The number of carbonyl (C=O) groups is 2. The smallest absolute Gasteiger partial charge is 0.255 e. The topological polar surface area (TPSA) is 89.6 Å². The van der Waals surface area contributed by atoms with Gasteiger partial charge in [-0.3, -0.25) is 9.59 Å². The van der Waals surface area contributed by atoms with E-state index in [0.29, 0.717) is 23.7 Å². The van der Waals surface area contributed by atoms with E-state index in [4.69, 9.17) is 9.47 Å². The molecule has 0 aliphatic rings. The van der Waals surface area contributed by atoms with E-state index in [2.05, 4.69) is 15.6 Å². The van der Waals surface area contributed by atoms with Crippen molar-refractivity contribution in [2.24, 2.45) is 5.92 Å². The quantitative estimate of drug-likeness (QED) is 0.742. The molecule has 2 rings (SSSR count). The summed E-state index contributed by atoms with van der Waals surface area (Å²) in [6.07, 6.45) is 1.61. The van der Waals surface area contributed by atoms with Crippen LogP contribution in [-0.4, -0.2) is 37.1 Å². The molecule has 1 heterocycles. The molecular formula is C20H25N3O4. The van der Waals surface area contributed by atoms with E-state index in [-0.39, 0.29) is 17.7 Å². The van der Waals surface area contributed by atoms with Crippen LogP contribution in [0.3, 0.4) is 0 Å². The first-order valence-electron chi connectivity index (χ1n) is 8.66. The summed E-state index contributed by atoms with van der Waals surface area (Å²) >= 11 is 0. The Morgan fingerprint density at radius 1 is 1.11 bits per heavy atom. The van der Waals surface area contributed by atoms with Gasteiger partial charge in [-0.05, 0) is 29.7 Å². The van der Waals surface area contributed by atoms with E-state index in [1.807, 2.05) is 13.8 Å². The molecule has 0 aliphatic carbocycles. The van der Waals surface area contributed by atoms with Crippen LogP contribution in [-0.2, 0) is 11.3 Å². The Bertz CT molecular complexity index is 792. The molecule has 2 amide bonds. The Labute approximate surface area is 159 Å². The van der Waals surface area contributed by atoms with Gasteiger partial charge in [0.25, 0.3) is 5.91 Å². The average Bonchev–Trinajstić information content (AvgIpc) is 2.69. The van der Waals surface area contributed by atoms with Crippen molar-refractivity contribution in [1.29, 1.82) is 0 Å². The lowest BCUT2D eigenvalue weighted by Gasteiger charge is -2.22. The third-order valence-corrected chi connectivity index (χ3v) is 4.06. The van der Waals surface area contributed by atoms with Gasteiger partial charge in [-0.15, -0.1) is 0 Å². The van der Waals surface area contributed by atoms with Crippen LogP contribution in [0.2, 0.25) is 0 Å². The van der Waals surface area contributed by atoms with Gasteiger partial charge in [0.2, 0.25) is 11.8 Å². The van der Waals surface area contributed by atoms with Crippen molar-refractivity contribution in [2.75, 3.05) is 14.2 Å². The molecular weight excluding hydrogens is 346 g/mol. The van der Waals surface area contributed by atoms with Gasteiger partial charge in [-0.2, -0.15) is 0 Å². The fraction of sp³-hybridized carbons (Fsp3) is 0.350. The first kappa shape index (κ1) is 20.2. The van der Waals surface area contributed by atoms with Crippen molar-refractivity contribution < 1.29 is 19.1 Å². The van der Waals surface area contributed by atoms with Crippen molar-refractivity contribution in [3.8, 4) is 11.6 Å². The zero-order chi connectivity index (χ0) is 19.8. The van der Waals surface area contributed by atoms with Crippen molar-refractivity contribution >= 4 is 11.8 Å². The number of methoxy groups -OCH3 is 2. The summed E-state index contributed by atoms with van der Waals surface area (Å²) < 4.78 is 10.3. The molecule has 144 valence electrons. The highest BCUT2D eigenvalue weighted by atomic mass is 16.5. The molecule has 1 unspecified atom stereocenters. The predicted octanol–water partition coefficient (Wildman–Crippen LogP) is 2.17. The van der Waals surface area contributed by atoms with Gasteiger partial charge in [-0.1, -0.05) is 26.0 Å². The number of benzene rings is 1. The predicted molar refractivity (Wildman–Crippen MR) is 102 cm³/mol. The van der Waals surface area contributed by atoms with Crippen LogP contribution in [0.5, 0.6) is 11.6 Å². The molecule has 0 spiro atoms.